The third-order valence-corrected chi connectivity index (χ3v) is 5.12. The van der Waals surface area contributed by atoms with E-state index in [1.807, 2.05) is 37.3 Å². The Morgan fingerprint density at radius 3 is 2.38 bits per heavy atom. The molecule has 3 rings (SSSR count). The third kappa shape index (κ3) is 3.62. The van der Waals surface area contributed by atoms with Crippen molar-refractivity contribution in [3.05, 3.63) is 65.2 Å². The van der Waals surface area contributed by atoms with Crippen molar-refractivity contribution in [3.63, 3.8) is 0 Å². The fraction of sp³-hybridized carbons (Fsp3) is 0.304. The van der Waals surface area contributed by atoms with Gasteiger partial charge in [0.25, 0.3) is 5.91 Å². The molecule has 3 aromatic rings. The van der Waals surface area contributed by atoms with Gasteiger partial charge >= 0.3 is 0 Å². The number of pyridine rings is 1. The molecule has 2 aromatic carbocycles. The van der Waals surface area contributed by atoms with Gasteiger partial charge < -0.3 is 5.32 Å². The second kappa shape index (κ2) is 7.28. The Hall–Kier alpha value is -2.68. The van der Waals surface area contributed by atoms with E-state index in [-0.39, 0.29) is 11.9 Å². The number of nitrogens with one attached hydrogen (secondary N) is 1. The summed E-state index contributed by atoms with van der Waals surface area (Å²) in [5.74, 6) is 0.334. The lowest BCUT2D eigenvalue weighted by Crippen LogP contribution is -2.36. The molecule has 1 aromatic heterocycles. The molecule has 0 fully saturated rings. The van der Waals surface area contributed by atoms with Crippen LogP contribution in [0.15, 0.2) is 48.5 Å². The first-order valence-corrected chi connectivity index (χ1v) is 9.15. The van der Waals surface area contributed by atoms with Crippen LogP contribution in [0.25, 0.3) is 22.2 Å². The highest BCUT2D eigenvalue weighted by molar-refractivity contribution is 6.07. The van der Waals surface area contributed by atoms with Gasteiger partial charge in [0.1, 0.15) is 0 Å². The number of nitrogens with zero attached hydrogens (tertiary/aromatic N) is 1. The minimum Gasteiger partial charge on any atom is -0.349 e. The number of aromatic nitrogens is 1. The van der Waals surface area contributed by atoms with Crippen LogP contribution in [0.3, 0.4) is 0 Å². The smallest absolute Gasteiger partial charge is 0.252 e. The number of para-hydroxylation sites is 1. The second-order valence-corrected chi connectivity index (χ2v) is 7.38. The standard InChI is InChI=1S/C23H26N2O/c1-14(2)17(5)24-23(26)20-13-22(18-11-10-15(3)16(4)12-18)25-21-9-7-6-8-19(20)21/h6-14,17H,1-5H3,(H,24,26). The van der Waals surface area contributed by atoms with Crippen molar-refractivity contribution in [2.75, 3.05) is 0 Å². The number of hydrogen-bond acceptors (Lipinski definition) is 2. The normalized spacial score (nSPS) is 12.4. The van der Waals surface area contributed by atoms with Crippen molar-refractivity contribution in [1.82, 2.24) is 10.3 Å². The maximum atomic E-state index is 12.9. The number of aryl methyl sites for hydroxylation is 2. The third-order valence-electron chi connectivity index (χ3n) is 5.12. The zero-order valence-corrected chi connectivity index (χ0v) is 16.1. The van der Waals surface area contributed by atoms with Crippen molar-refractivity contribution in [3.8, 4) is 11.3 Å². The van der Waals surface area contributed by atoms with Gasteiger partial charge in [-0.05, 0) is 56.0 Å². The number of benzene rings is 2. The van der Waals surface area contributed by atoms with Gasteiger partial charge in [-0.2, -0.15) is 0 Å². The maximum absolute atomic E-state index is 12.9. The Kier molecular flexibility index (Phi) is 5.08. The van der Waals surface area contributed by atoms with Crippen molar-refractivity contribution in [2.45, 2.75) is 40.7 Å². The molecule has 0 spiro atoms. The first kappa shape index (κ1) is 18.1. The Bertz CT molecular complexity index is 960. The molecule has 1 N–H and O–H groups in total. The first-order chi connectivity index (χ1) is 12.4. The highest BCUT2D eigenvalue weighted by Crippen LogP contribution is 2.26. The molecule has 26 heavy (non-hydrogen) atoms. The number of carbonyl (C=O) groups excluding carboxylic acids is 1. The summed E-state index contributed by atoms with van der Waals surface area (Å²) in [5, 5.41) is 4.00. The van der Waals surface area contributed by atoms with Crippen LogP contribution in [0.4, 0.5) is 0 Å². The van der Waals surface area contributed by atoms with Crippen LogP contribution in [-0.2, 0) is 0 Å². The highest BCUT2D eigenvalue weighted by atomic mass is 16.1. The molecular formula is C23H26N2O. The average Bonchev–Trinajstić information content (AvgIpc) is 2.62. The van der Waals surface area contributed by atoms with E-state index in [0.29, 0.717) is 11.5 Å². The maximum Gasteiger partial charge on any atom is 0.252 e. The number of hydrogen-bond donors (Lipinski definition) is 1. The van der Waals surface area contributed by atoms with Crippen molar-refractivity contribution in [1.29, 1.82) is 0 Å². The molecule has 0 radical (unpaired) electrons. The SMILES string of the molecule is Cc1ccc(-c2cc(C(=O)NC(C)C(C)C)c3ccccc3n2)cc1C. The van der Waals surface area contributed by atoms with Gasteiger partial charge in [0.15, 0.2) is 0 Å². The monoisotopic (exact) mass is 346 g/mol. The molecule has 1 atom stereocenters. The zero-order chi connectivity index (χ0) is 18.8. The van der Waals surface area contributed by atoms with E-state index in [0.717, 1.165) is 22.2 Å². The van der Waals surface area contributed by atoms with E-state index in [9.17, 15) is 4.79 Å². The predicted molar refractivity (Wildman–Crippen MR) is 108 cm³/mol. The van der Waals surface area contributed by atoms with Crippen LogP contribution in [0, 0.1) is 19.8 Å². The molecule has 0 aliphatic carbocycles. The number of rotatable bonds is 4. The molecular weight excluding hydrogens is 320 g/mol. The van der Waals surface area contributed by atoms with Gasteiger partial charge in [-0.1, -0.05) is 44.2 Å². The lowest BCUT2D eigenvalue weighted by Gasteiger charge is -2.18. The molecule has 1 heterocycles. The summed E-state index contributed by atoms with van der Waals surface area (Å²) in [6, 6.07) is 16.1. The Balaban J connectivity index is 2.12. The molecule has 3 heteroatoms. The molecule has 3 nitrogen and oxygen atoms in total. The summed E-state index contributed by atoms with van der Waals surface area (Å²) in [6.45, 7) is 10.4. The van der Waals surface area contributed by atoms with E-state index in [1.165, 1.54) is 11.1 Å². The molecule has 0 saturated carbocycles. The molecule has 0 aliphatic heterocycles. The second-order valence-electron chi connectivity index (χ2n) is 7.38. The minimum absolute atomic E-state index is 0.0464. The first-order valence-electron chi connectivity index (χ1n) is 9.15. The Morgan fingerprint density at radius 2 is 1.69 bits per heavy atom. The van der Waals surface area contributed by atoms with Crippen molar-refractivity contribution in [2.24, 2.45) is 5.92 Å². The van der Waals surface area contributed by atoms with E-state index in [2.05, 4.69) is 51.2 Å². The van der Waals surface area contributed by atoms with E-state index in [4.69, 9.17) is 4.98 Å². The lowest BCUT2D eigenvalue weighted by atomic mass is 10.00. The van der Waals surface area contributed by atoms with E-state index >= 15 is 0 Å². The zero-order valence-electron chi connectivity index (χ0n) is 16.1. The van der Waals surface area contributed by atoms with Crippen LogP contribution < -0.4 is 5.32 Å². The largest absolute Gasteiger partial charge is 0.349 e. The van der Waals surface area contributed by atoms with Gasteiger partial charge in [-0.25, -0.2) is 4.98 Å². The summed E-state index contributed by atoms with van der Waals surface area (Å²) >= 11 is 0. The van der Waals surface area contributed by atoms with Gasteiger partial charge in [0.2, 0.25) is 0 Å². The number of carbonyl (C=O) groups is 1. The van der Waals surface area contributed by atoms with Gasteiger partial charge in [-0.15, -0.1) is 0 Å². The minimum atomic E-state index is -0.0464. The quantitative estimate of drug-likeness (QED) is 0.697. The van der Waals surface area contributed by atoms with Gasteiger partial charge in [0.05, 0.1) is 16.8 Å². The predicted octanol–water partition coefficient (Wildman–Crippen LogP) is 5.29. The van der Waals surface area contributed by atoms with Crippen molar-refractivity contribution < 1.29 is 4.79 Å². The number of fused-ring (bicyclic) bond motifs is 1. The summed E-state index contributed by atoms with van der Waals surface area (Å²) < 4.78 is 0. The van der Waals surface area contributed by atoms with E-state index in [1.54, 1.807) is 0 Å². The fourth-order valence-corrected chi connectivity index (χ4v) is 2.86. The summed E-state index contributed by atoms with van der Waals surface area (Å²) in [4.78, 5) is 17.7. The van der Waals surface area contributed by atoms with Crippen LogP contribution in [0.1, 0.15) is 42.3 Å². The molecule has 1 unspecified atom stereocenters. The average molecular weight is 346 g/mol. The van der Waals surface area contributed by atoms with Crippen LogP contribution in [-0.4, -0.2) is 16.9 Å². The summed E-state index contributed by atoms with van der Waals surface area (Å²) in [6.07, 6.45) is 0. The van der Waals surface area contributed by atoms with Crippen LogP contribution in [0.2, 0.25) is 0 Å². The van der Waals surface area contributed by atoms with Crippen LogP contribution >= 0.6 is 0 Å². The fourth-order valence-electron chi connectivity index (χ4n) is 2.86. The highest BCUT2D eigenvalue weighted by Gasteiger charge is 2.17. The molecule has 134 valence electrons. The lowest BCUT2D eigenvalue weighted by molar-refractivity contribution is 0.0932. The molecule has 0 saturated heterocycles. The number of amides is 1. The van der Waals surface area contributed by atoms with Gasteiger partial charge in [-0.3, -0.25) is 4.79 Å². The Labute approximate surface area is 155 Å². The summed E-state index contributed by atoms with van der Waals surface area (Å²) in [7, 11) is 0. The summed E-state index contributed by atoms with van der Waals surface area (Å²) in [5.41, 5.74) is 5.84. The Morgan fingerprint density at radius 1 is 0.962 bits per heavy atom. The van der Waals surface area contributed by atoms with Crippen molar-refractivity contribution >= 4 is 16.8 Å². The van der Waals surface area contributed by atoms with Crippen LogP contribution in [0.5, 0.6) is 0 Å². The molecule has 0 aliphatic rings. The molecule has 0 bridgehead atoms. The topological polar surface area (TPSA) is 42.0 Å². The molecule has 1 amide bonds. The van der Waals surface area contributed by atoms with Gasteiger partial charge in [0, 0.05) is 17.0 Å². The van der Waals surface area contributed by atoms with E-state index < -0.39 is 0 Å².